The summed E-state index contributed by atoms with van der Waals surface area (Å²) in [7, 11) is 0. The van der Waals surface area contributed by atoms with Gasteiger partial charge in [-0.25, -0.2) is 4.98 Å². The van der Waals surface area contributed by atoms with Gasteiger partial charge in [-0.15, -0.1) is 16.4 Å². The topological polar surface area (TPSA) is 91.5 Å². The summed E-state index contributed by atoms with van der Waals surface area (Å²) in [6.07, 6.45) is 3.06. The molecule has 0 spiro atoms. The van der Waals surface area contributed by atoms with E-state index in [-0.39, 0.29) is 12.2 Å². The highest BCUT2D eigenvalue weighted by Gasteiger charge is 2.22. The lowest BCUT2D eigenvalue weighted by atomic mass is 10.1. The minimum Gasteiger partial charge on any atom is -0.360 e. The van der Waals surface area contributed by atoms with E-state index in [4.69, 9.17) is 0 Å². The summed E-state index contributed by atoms with van der Waals surface area (Å²) in [6, 6.07) is 16.0. The van der Waals surface area contributed by atoms with Gasteiger partial charge in [0, 0.05) is 17.5 Å². The van der Waals surface area contributed by atoms with Gasteiger partial charge in [-0.1, -0.05) is 30.3 Å². The number of nitrogens with one attached hydrogen (secondary N) is 2. The van der Waals surface area contributed by atoms with Gasteiger partial charge in [0.15, 0.2) is 0 Å². The van der Waals surface area contributed by atoms with Crippen molar-refractivity contribution < 1.29 is 9.59 Å². The number of carbonyl (C=O) groups is 2. The van der Waals surface area contributed by atoms with E-state index >= 15 is 0 Å². The first-order chi connectivity index (χ1) is 12.7. The summed E-state index contributed by atoms with van der Waals surface area (Å²) >= 11 is 1.63. The van der Waals surface area contributed by atoms with Crippen LogP contribution in [0.25, 0.3) is 21.0 Å². The van der Waals surface area contributed by atoms with Crippen LogP contribution in [0, 0.1) is 0 Å². The van der Waals surface area contributed by atoms with Gasteiger partial charge in [-0.3, -0.25) is 14.7 Å². The van der Waals surface area contributed by atoms with Crippen molar-refractivity contribution in [2.75, 3.05) is 0 Å². The highest BCUT2D eigenvalue weighted by Crippen LogP contribution is 2.35. The lowest BCUT2D eigenvalue weighted by Crippen LogP contribution is -2.18. The van der Waals surface area contributed by atoms with Gasteiger partial charge >= 0.3 is 0 Å². The average Bonchev–Trinajstić information content (AvgIpc) is 3.42. The van der Waals surface area contributed by atoms with Crippen molar-refractivity contribution in [3.63, 3.8) is 0 Å². The zero-order chi connectivity index (χ0) is 17.9. The second-order valence-electron chi connectivity index (χ2n) is 5.66. The maximum Gasteiger partial charge on any atom is 0.267 e. The van der Waals surface area contributed by atoms with Gasteiger partial charge in [0.25, 0.3) is 5.78 Å². The third-order valence-electron chi connectivity index (χ3n) is 3.97. The number of aromatic amines is 2. The van der Waals surface area contributed by atoms with Crippen LogP contribution in [-0.4, -0.2) is 31.7 Å². The number of thiophene rings is 1. The van der Waals surface area contributed by atoms with Crippen LogP contribution >= 0.6 is 11.3 Å². The molecular formula is C19H14N4O2S. The Balaban J connectivity index is 1.57. The van der Waals surface area contributed by atoms with Crippen LogP contribution in [0.5, 0.6) is 0 Å². The van der Waals surface area contributed by atoms with Crippen molar-refractivity contribution in [2.45, 2.75) is 6.42 Å². The van der Waals surface area contributed by atoms with Crippen LogP contribution in [0.15, 0.2) is 61.1 Å². The number of nitrogens with zero attached hydrogens (tertiary/aromatic N) is 2. The van der Waals surface area contributed by atoms with Gasteiger partial charge in [0.2, 0.25) is 11.6 Å². The fraction of sp³-hybridized carbons (Fsp3) is 0.0526. The highest BCUT2D eigenvalue weighted by molar-refractivity contribution is 7.18. The zero-order valence-electron chi connectivity index (χ0n) is 13.6. The molecule has 4 aromatic rings. The monoisotopic (exact) mass is 362 g/mol. The molecule has 0 atom stereocenters. The molecule has 0 aliphatic rings. The third kappa shape index (κ3) is 3.12. The molecule has 0 aliphatic carbocycles. The van der Waals surface area contributed by atoms with Gasteiger partial charge in [0.05, 0.1) is 10.6 Å². The van der Waals surface area contributed by atoms with E-state index in [2.05, 4.69) is 38.4 Å². The van der Waals surface area contributed by atoms with Crippen molar-refractivity contribution in [1.29, 1.82) is 0 Å². The van der Waals surface area contributed by atoms with Crippen molar-refractivity contribution in [3.8, 4) is 21.0 Å². The molecule has 6 nitrogen and oxygen atoms in total. The van der Waals surface area contributed by atoms with Crippen molar-refractivity contribution >= 4 is 22.9 Å². The van der Waals surface area contributed by atoms with Crippen LogP contribution in [-0.2, 0) is 11.2 Å². The van der Waals surface area contributed by atoms with E-state index in [9.17, 15) is 9.59 Å². The zero-order valence-corrected chi connectivity index (χ0v) is 14.4. The summed E-state index contributed by atoms with van der Waals surface area (Å²) in [4.78, 5) is 33.4. The van der Waals surface area contributed by atoms with E-state index in [1.54, 1.807) is 17.5 Å². The number of hydrogen-bond donors (Lipinski definition) is 2. The predicted molar refractivity (Wildman–Crippen MR) is 99.0 cm³/mol. The molecule has 0 amide bonds. The fourth-order valence-electron chi connectivity index (χ4n) is 2.70. The number of aromatic nitrogens is 4. The maximum absolute atomic E-state index is 12.3. The molecule has 7 heteroatoms. The molecule has 0 saturated carbocycles. The summed E-state index contributed by atoms with van der Waals surface area (Å²) in [6.45, 7) is 0. The Kier molecular flexibility index (Phi) is 4.28. The molecule has 0 bridgehead atoms. The molecule has 2 N–H and O–H groups in total. The number of hydrogen-bond acceptors (Lipinski definition) is 5. The second kappa shape index (κ2) is 6.89. The summed E-state index contributed by atoms with van der Waals surface area (Å²) in [5.41, 5.74) is 2.78. The van der Waals surface area contributed by atoms with Crippen LogP contribution in [0.3, 0.4) is 0 Å². The van der Waals surface area contributed by atoms with Crippen molar-refractivity contribution in [2.24, 2.45) is 0 Å². The number of H-pyrrole nitrogens is 2. The number of carbonyl (C=O) groups excluding carboxylic acids is 2. The highest BCUT2D eigenvalue weighted by atomic mass is 32.1. The minimum absolute atomic E-state index is 0.00474. The Morgan fingerprint density at radius 1 is 1.00 bits per heavy atom. The smallest absolute Gasteiger partial charge is 0.267 e. The van der Waals surface area contributed by atoms with Crippen molar-refractivity contribution in [3.05, 3.63) is 72.4 Å². The molecule has 26 heavy (non-hydrogen) atoms. The Morgan fingerprint density at radius 3 is 2.58 bits per heavy atom. The first kappa shape index (κ1) is 16.2. The minimum atomic E-state index is -0.686. The van der Waals surface area contributed by atoms with E-state index in [0.29, 0.717) is 0 Å². The van der Waals surface area contributed by atoms with Crippen LogP contribution < -0.4 is 0 Å². The molecule has 0 radical (unpaired) electrons. The van der Waals surface area contributed by atoms with Crippen LogP contribution in [0.2, 0.25) is 0 Å². The maximum atomic E-state index is 12.3. The molecule has 0 fully saturated rings. The number of Topliss-reactive ketones (excluding diaryl/α,β-unsaturated/α-hetero) is 2. The third-order valence-corrected chi connectivity index (χ3v) is 5.12. The summed E-state index contributed by atoms with van der Waals surface area (Å²) < 4.78 is 0. The Bertz CT molecular complexity index is 1050. The van der Waals surface area contributed by atoms with Gasteiger partial charge in [-0.2, -0.15) is 0 Å². The second-order valence-corrected chi connectivity index (χ2v) is 6.74. The van der Waals surface area contributed by atoms with E-state index < -0.39 is 11.6 Å². The molecule has 3 aromatic heterocycles. The normalized spacial score (nSPS) is 10.8. The molecule has 3 heterocycles. The molecule has 4 rings (SSSR count). The quantitative estimate of drug-likeness (QED) is 0.405. The van der Waals surface area contributed by atoms with Crippen LogP contribution in [0.4, 0.5) is 0 Å². The average molecular weight is 362 g/mol. The standard InChI is InChI=1S/C19H14N4O2S/c24-14(18(25)19-21-11-22-23-19)10-13-8-9-20-17(13)16-7-6-15(26-16)12-4-2-1-3-5-12/h1-9,11,20H,10H2,(H,21,22,23). The summed E-state index contributed by atoms with van der Waals surface area (Å²) in [5, 5.41) is 6.11. The number of rotatable bonds is 6. The van der Waals surface area contributed by atoms with Crippen molar-refractivity contribution in [1.82, 2.24) is 20.2 Å². The number of benzene rings is 1. The molecule has 1 aromatic carbocycles. The Morgan fingerprint density at radius 2 is 1.81 bits per heavy atom. The van der Waals surface area contributed by atoms with Gasteiger partial charge in [-0.05, 0) is 29.3 Å². The molecule has 0 saturated heterocycles. The van der Waals surface area contributed by atoms with E-state index in [0.717, 1.165) is 26.6 Å². The molecular weight excluding hydrogens is 348 g/mol. The van der Waals surface area contributed by atoms with Crippen LogP contribution in [0.1, 0.15) is 16.2 Å². The lowest BCUT2D eigenvalue weighted by Gasteiger charge is -2.01. The van der Waals surface area contributed by atoms with Gasteiger partial charge in [0.1, 0.15) is 6.33 Å². The lowest BCUT2D eigenvalue weighted by molar-refractivity contribution is -0.114. The van der Waals surface area contributed by atoms with E-state index in [1.807, 2.05) is 30.3 Å². The predicted octanol–water partition coefficient (Wildman–Crippen LogP) is 3.52. The fourth-order valence-corrected chi connectivity index (χ4v) is 3.76. The Hall–Kier alpha value is -3.32. The Labute approximate surface area is 152 Å². The first-order valence-corrected chi connectivity index (χ1v) is 8.79. The largest absolute Gasteiger partial charge is 0.360 e. The molecule has 0 unspecified atom stereocenters. The van der Waals surface area contributed by atoms with Gasteiger partial charge < -0.3 is 4.98 Å². The first-order valence-electron chi connectivity index (χ1n) is 7.97. The SMILES string of the molecule is O=C(Cc1cc[nH]c1-c1ccc(-c2ccccc2)s1)C(=O)c1nc[nH]n1. The summed E-state index contributed by atoms with van der Waals surface area (Å²) in [5.74, 6) is -1.32. The van der Waals surface area contributed by atoms with E-state index in [1.165, 1.54) is 6.33 Å². The molecule has 128 valence electrons. The molecule has 0 aliphatic heterocycles. The number of ketones is 2.